The number of aliphatic hydroxyl groups excluding tert-OH is 1. The van der Waals surface area contributed by atoms with E-state index < -0.39 is 17.7 Å². The van der Waals surface area contributed by atoms with Crippen LogP contribution in [-0.2, 0) is 9.59 Å². The van der Waals surface area contributed by atoms with Crippen molar-refractivity contribution in [1.82, 2.24) is 5.32 Å². The van der Waals surface area contributed by atoms with E-state index in [0.717, 1.165) is 11.1 Å². The van der Waals surface area contributed by atoms with Crippen LogP contribution in [0.3, 0.4) is 0 Å². The van der Waals surface area contributed by atoms with Crippen molar-refractivity contribution >= 4 is 17.4 Å². The van der Waals surface area contributed by atoms with Crippen LogP contribution in [0.15, 0.2) is 48.0 Å². The molecule has 0 saturated carbocycles. The summed E-state index contributed by atoms with van der Waals surface area (Å²) < 4.78 is 10.4. The van der Waals surface area contributed by atoms with Crippen molar-refractivity contribution in [1.29, 1.82) is 0 Å². The lowest BCUT2D eigenvalue weighted by atomic mass is 9.95. The van der Waals surface area contributed by atoms with Crippen LogP contribution in [0.25, 0.3) is 5.76 Å². The van der Waals surface area contributed by atoms with Crippen LogP contribution in [0.1, 0.15) is 22.7 Å². The molecule has 1 amide bonds. The maximum atomic E-state index is 12.4. The highest BCUT2D eigenvalue weighted by molar-refractivity contribution is 6.46. The summed E-state index contributed by atoms with van der Waals surface area (Å²) in [4.78, 5) is 24.3. The number of ether oxygens (including phenoxy) is 2. The van der Waals surface area contributed by atoms with Gasteiger partial charge in [-0.2, -0.15) is 0 Å². The van der Waals surface area contributed by atoms with Gasteiger partial charge in [0, 0.05) is 5.56 Å². The fourth-order valence-corrected chi connectivity index (χ4v) is 2.91. The van der Waals surface area contributed by atoms with E-state index in [-0.39, 0.29) is 11.3 Å². The molecule has 2 aromatic carbocycles. The van der Waals surface area contributed by atoms with E-state index in [1.165, 1.54) is 14.2 Å². The van der Waals surface area contributed by atoms with Gasteiger partial charge in [0.1, 0.15) is 5.76 Å². The number of benzene rings is 2. The number of carbonyl (C=O) groups excluding carboxylic acids is 2. The molecule has 0 spiro atoms. The number of aliphatic hydroxyl groups is 1. The summed E-state index contributed by atoms with van der Waals surface area (Å²) in [5, 5.41) is 13.4. The number of nitrogens with one attached hydrogen (secondary N) is 1. The summed E-state index contributed by atoms with van der Waals surface area (Å²) >= 11 is 0. The van der Waals surface area contributed by atoms with Crippen LogP contribution in [0, 0.1) is 6.92 Å². The number of amides is 1. The predicted octanol–water partition coefficient (Wildman–Crippen LogP) is 2.72. The minimum Gasteiger partial charge on any atom is -0.507 e. The first-order chi connectivity index (χ1) is 12.5. The van der Waals surface area contributed by atoms with Gasteiger partial charge in [0.05, 0.1) is 25.8 Å². The molecule has 1 heterocycles. The average molecular weight is 353 g/mol. The normalized spacial score (nSPS) is 18.5. The van der Waals surface area contributed by atoms with E-state index in [0.29, 0.717) is 17.1 Å². The Morgan fingerprint density at radius 2 is 1.65 bits per heavy atom. The van der Waals surface area contributed by atoms with Gasteiger partial charge in [-0.3, -0.25) is 9.59 Å². The van der Waals surface area contributed by atoms with Crippen LogP contribution >= 0.6 is 0 Å². The van der Waals surface area contributed by atoms with Crippen LogP contribution in [0.4, 0.5) is 0 Å². The van der Waals surface area contributed by atoms with Gasteiger partial charge in [-0.1, -0.05) is 29.8 Å². The number of hydrogen-bond donors (Lipinski definition) is 2. The average Bonchev–Trinajstić information content (AvgIpc) is 2.96. The zero-order chi connectivity index (χ0) is 18.8. The highest BCUT2D eigenvalue weighted by Gasteiger charge is 2.39. The van der Waals surface area contributed by atoms with Crippen molar-refractivity contribution in [2.45, 2.75) is 13.0 Å². The van der Waals surface area contributed by atoms with E-state index >= 15 is 0 Å². The monoisotopic (exact) mass is 353 g/mol. The van der Waals surface area contributed by atoms with E-state index in [2.05, 4.69) is 5.32 Å². The van der Waals surface area contributed by atoms with Gasteiger partial charge < -0.3 is 19.9 Å². The lowest BCUT2D eigenvalue weighted by Gasteiger charge is -2.15. The lowest BCUT2D eigenvalue weighted by molar-refractivity contribution is -0.133. The molecule has 134 valence electrons. The second-order valence-corrected chi connectivity index (χ2v) is 5.98. The molecule has 0 aromatic heterocycles. The molecule has 1 aliphatic rings. The van der Waals surface area contributed by atoms with Gasteiger partial charge in [-0.15, -0.1) is 0 Å². The van der Waals surface area contributed by atoms with Crippen molar-refractivity contribution < 1.29 is 24.2 Å². The quantitative estimate of drug-likeness (QED) is 0.502. The molecular formula is C20H19NO5. The lowest BCUT2D eigenvalue weighted by Crippen LogP contribution is -2.21. The zero-order valence-electron chi connectivity index (χ0n) is 14.7. The number of carbonyl (C=O) groups is 2. The molecule has 0 radical (unpaired) electrons. The summed E-state index contributed by atoms with van der Waals surface area (Å²) in [5.41, 5.74) is 2.15. The number of methoxy groups -OCH3 is 2. The second-order valence-electron chi connectivity index (χ2n) is 5.98. The fourth-order valence-electron chi connectivity index (χ4n) is 2.91. The Hall–Kier alpha value is -3.28. The zero-order valence-corrected chi connectivity index (χ0v) is 14.7. The van der Waals surface area contributed by atoms with Crippen molar-refractivity contribution in [3.8, 4) is 11.5 Å². The third-order valence-corrected chi connectivity index (χ3v) is 4.34. The third kappa shape index (κ3) is 3.01. The SMILES string of the molecule is COc1ccc(C(O)=C2C(=O)C(=O)N[C@@H]2c2ccc(C)cc2)cc1OC. The molecule has 2 aromatic rings. The Labute approximate surface area is 151 Å². The molecule has 1 aliphatic heterocycles. The van der Waals surface area contributed by atoms with E-state index in [4.69, 9.17) is 9.47 Å². The maximum absolute atomic E-state index is 12.4. The van der Waals surface area contributed by atoms with Gasteiger partial charge in [-0.25, -0.2) is 0 Å². The number of aryl methyl sites for hydroxylation is 1. The van der Waals surface area contributed by atoms with Crippen molar-refractivity contribution in [2.75, 3.05) is 14.2 Å². The van der Waals surface area contributed by atoms with Gasteiger partial charge in [0.2, 0.25) is 0 Å². The largest absolute Gasteiger partial charge is 0.507 e. The molecule has 3 rings (SSSR count). The molecule has 6 nitrogen and oxygen atoms in total. The van der Waals surface area contributed by atoms with Crippen LogP contribution in [-0.4, -0.2) is 31.0 Å². The number of ketones is 1. The maximum Gasteiger partial charge on any atom is 0.293 e. The molecule has 1 fully saturated rings. The Morgan fingerprint density at radius 1 is 1.00 bits per heavy atom. The highest BCUT2D eigenvalue weighted by atomic mass is 16.5. The van der Waals surface area contributed by atoms with Crippen molar-refractivity contribution in [3.63, 3.8) is 0 Å². The minimum absolute atomic E-state index is 0.0195. The predicted molar refractivity (Wildman–Crippen MR) is 96.2 cm³/mol. The van der Waals surface area contributed by atoms with E-state index in [1.54, 1.807) is 18.2 Å². The molecule has 0 aliphatic carbocycles. The summed E-state index contributed by atoms with van der Waals surface area (Å²) in [6, 6.07) is 11.5. The molecule has 2 N–H and O–H groups in total. The number of Topliss-reactive ketones (excluding diaryl/α,β-unsaturated/α-hetero) is 1. The Bertz CT molecular complexity index is 899. The van der Waals surface area contributed by atoms with Gasteiger partial charge >= 0.3 is 0 Å². The van der Waals surface area contributed by atoms with Crippen LogP contribution < -0.4 is 14.8 Å². The molecule has 0 bridgehead atoms. The van der Waals surface area contributed by atoms with Crippen molar-refractivity contribution in [2.24, 2.45) is 0 Å². The summed E-state index contributed by atoms with van der Waals surface area (Å²) in [7, 11) is 2.99. The molecule has 0 unspecified atom stereocenters. The van der Waals surface area contributed by atoms with Gasteiger partial charge in [0.25, 0.3) is 11.7 Å². The van der Waals surface area contributed by atoms with Gasteiger partial charge in [-0.05, 0) is 30.7 Å². The Morgan fingerprint density at radius 3 is 2.27 bits per heavy atom. The number of hydrogen-bond acceptors (Lipinski definition) is 5. The number of rotatable bonds is 4. The van der Waals surface area contributed by atoms with E-state index in [1.807, 2.05) is 31.2 Å². The van der Waals surface area contributed by atoms with Crippen molar-refractivity contribution in [3.05, 3.63) is 64.7 Å². The first-order valence-electron chi connectivity index (χ1n) is 8.03. The van der Waals surface area contributed by atoms with Gasteiger partial charge in [0.15, 0.2) is 11.5 Å². The standard InChI is InChI=1S/C20H19NO5/c1-11-4-6-12(7-5-11)17-16(19(23)20(24)21-17)18(22)13-8-9-14(25-2)15(10-13)26-3/h4-10,17,22H,1-3H3,(H,21,24)/t17-/m1/s1. The second kappa shape index (κ2) is 6.92. The highest BCUT2D eigenvalue weighted by Crippen LogP contribution is 2.35. The molecule has 1 atom stereocenters. The summed E-state index contributed by atoms with van der Waals surface area (Å²) in [5.74, 6) is -0.842. The van der Waals surface area contributed by atoms with Crippen LogP contribution in [0.5, 0.6) is 11.5 Å². The molecular weight excluding hydrogens is 334 g/mol. The van der Waals surface area contributed by atoms with Crippen LogP contribution in [0.2, 0.25) is 0 Å². The first-order valence-corrected chi connectivity index (χ1v) is 8.03. The molecule has 26 heavy (non-hydrogen) atoms. The summed E-state index contributed by atoms with van der Waals surface area (Å²) in [6.07, 6.45) is 0. The minimum atomic E-state index is -0.747. The fraction of sp³-hybridized carbons (Fsp3) is 0.200. The smallest absolute Gasteiger partial charge is 0.293 e. The first kappa shape index (κ1) is 17.5. The Balaban J connectivity index is 2.11. The molecule has 1 saturated heterocycles. The summed E-state index contributed by atoms with van der Waals surface area (Å²) in [6.45, 7) is 1.94. The Kier molecular flexibility index (Phi) is 4.67. The third-order valence-electron chi connectivity index (χ3n) is 4.34. The molecule has 6 heteroatoms. The van der Waals surface area contributed by atoms with E-state index in [9.17, 15) is 14.7 Å². The topological polar surface area (TPSA) is 84.9 Å².